The summed E-state index contributed by atoms with van der Waals surface area (Å²) in [4.78, 5) is 0. The first-order valence-electron chi connectivity index (χ1n) is 5.29. The molecule has 80 valence electrons. The van der Waals surface area contributed by atoms with Gasteiger partial charge < -0.3 is 5.73 Å². The smallest absolute Gasteiger partial charge is 0.0929 e. The number of nitrogens with zero attached hydrogens (tertiary/aromatic N) is 2. The molecule has 3 nitrogen and oxygen atoms in total. The van der Waals surface area contributed by atoms with Gasteiger partial charge in [0.25, 0.3) is 0 Å². The SMILES string of the molecule is CC(C)c1c2c(CN)cccc2nn1C. The summed E-state index contributed by atoms with van der Waals surface area (Å²) < 4.78 is 1.97. The molecule has 15 heavy (non-hydrogen) atoms. The van der Waals surface area contributed by atoms with Crippen molar-refractivity contribution in [1.82, 2.24) is 9.78 Å². The Morgan fingerprint density at radius 2 is 2.13 bits per heavy atom. The third-order valence-corrected chi connectivity index (χ3v) is 2.76. The van der Waals surface area contributed by atoms with Gasteiger partial charge in [0.15, 0.2) is 0 Å². The summed E-state index contributed by atoms with van der Waals surface area (Å²) in [5.74, 6) is 0.465. The van der Waals surface area contributed by atoms with Crippen molar-refractivity contribution in [1.29, 1.82) is 0 Å². The minimum absolute atomic E-state index is 0.465. The molecule has 0 aliphatic carbocycles. The third kappa shape index (κ3) is 1.53. The molecule has 0 radical (unpaired) electrons. The number of rotatable bonds is 2. The number of hydrogen-bond donors (Lipinski definition) is 1. The molecule has 0 aliphatic rings. The molecule has 2 aromatic rings. The van der Waals surface area contributed by atoms with Gasteiger partial charge in [-0.1, -0.05) is 26.0 Å². The van der Waals surface area contributed by atoms with Crippen molar-refractivity contribution >= 4 is 10.9 Å². The van der Waals surface area contributed by atoms with Gasteiger partial charge >= 0.3 is 0 Å². The molecule has 1 heterocycles. The normalized spacial score (nSPS) is 11.5. The van der Waals surface area contributed by atoms with Gasteiger partial charge in [0.2, 0.25) is 0 Å². The Bertz CT molecular complexity index is 483. The van der Waals surface area contributed by atoms with Gasteiger partial charge in [-0.15, -0.1) is 0 Å². The Morgan fingerprint density at radius 3 is 2.73 bits per heavy atom. The van der Waals surface area contributed by atoms with Crippen molar-refractivity contribution in [3.63, 3.8) is 0 Å². The molecule has 0 amide bonds. The first-order chi connectivity index (χ1) is 7.15. The van der Waals surface area contributed by atoms with Crippen LogP contribution in [-0.4, -0.2) is 9.78 Å². The van der Waals surface area contributed by atoms with Crippen LogP contribution in [0, 0.1) is 0 Å². The van der Waals surface area contributed by atoms with Crippen LogP contribution in [0.1, 0.15) is 31.0 Å². The summed E-state index contributed by atoms with van der Waals surface area (Å²) >= 11 is 0. The molecule has 0 saturated carbocycles. The Hall–Kier alpha value is -1.35. The van der Waals surface area contributed by atoms with Gasteiger partial charge in [-0.2, -0.15) is 5.10 Å². The van der Waals surface area contributed by atoms with Crippen molar-refractivity contribution in [3.05, 3.63) is 29.5 Å². The van der Waals surface area contributed by atoms with E-state index in [1.165, 1.54) is 16.6 Å². The Morgan fingerprint density at radius 1 is 1.40 bits per heavy atom. The van der Waals surface area contributed by atoms with Crippen LogP contribution in [0.3, 0.4) is 0 Å². The fraction of sp³-hybridized carbons (Fsp3) is 0.417. The fourth-order valence-electron chi connectivity index (χ4n) is 2.18. The molecule has 1 aromatic heterocycles. The molecular weight excluding hydrogens is 186 g/mol. The van der Waals surface area contributed by atoms with Gasteiger partial charge in [0.05, 0.1) is 5.52 Å². The lowest BCUT2D eigenvalue weighted by Gasteiger charge is -2.08. The molecule has 0 spiro atoms. The highest BCUT2D eigenvalue weighted by Gasteiger charge is 2.14. The fourth-order valence-corrected chi connectivity index (χ4v) is 2.18. The zero-order valence-corrected chi connectivity index (χ0v) is 9.49. The van der Waals surface area contributed by atoms with E-state index in [4.69, 9.17) is 5.73 Å². The molecule has 0 saturated heterocycles. The third-order valence-electron chi connectivity index (χ3n) is 2.76. The number of aromatic nitrogens is 2. The van der Waals surface area contributed by atoms with Crippen LogP contribution in [0.2, 0.25) is 0 Å². The monoisotopic (exact) mass is 203 g/mol. The first kappa shape index (κ1) is 10.2. The molecule has 0 fully saturated rings. The van der Waals surface area contributed by atoms with Crippen LogP contribution in [0.15, 0.2) is 18.2 Å². The second-order valence-corrected chi connectivity index (χ2v) is 4.18. The van der Waals surface area contributed by atoms with Crippen LogP contribution >= 0.6 is 0 Å². The zero-order chi connectivity index (χ0) is 11.0. The summed E-state index contributed by atoms with van der Waals surface area (Å²) in [6.45, 7) is 4.94. The lowest BCUT2D eigenvalue weighted by atomic mass is 10.0. The Kier molecular flexibility index (Phi) is 2.49. The van der Waals surface area contributed by atoms with Crippen LogP contribution in [-0.2, 0) is 13.6 Å². The summed E-state index contributed by atoms with van der Waals surface area (Å²) in [5, 5.41) is 5.74. The van der Waals surface area contributed by atoms with Gasteiger partial charge in [-0.3, -0.25) is 4.68 Å². The maximum atomic E-state index is 5.76. The van der Waals surface area contributed by atoms with Gasteiger partial charge in [-0.25, -0.2) is 0 Å². The average Bonchev–Trinajstić information content (AvgIpc) is 2.53. The molecule has 1 aromatic carbocycles. The lowest BCUT2D eigenvalue weighted by molar-refractivity contribution is 0.677. The molecule has 2 rings (SSSR count). The first-order valence-corrected chi connectivity index (χ1v) is 5.29. The van der Waals surface area contributed by atoms with E-state index in [2.05, 4.69) is 25.0 Å². The number of fused-ring (bicyclic) bond motifs is 1. The summed E-state index contributed by atoms with van der Waals surface area (Å²) in [5.41, 5.74) is 9.26. The van der Waals surface area contributed by atoms with Crippen molar-refractivity contribution in [2.24, 2.45) is 12.8 Å². The predicted molar refractivity (Wildman–Crippen MR) is 62.7 cm³/mol. The molecule has 0 aliphatic heterocycles. The second kappa shape index (κ2) is 3.66. The summed E-state index contributed by atoms with van der Waals surface area (Å²) in [6, 6.07) is 6.14. The predicted octanol–water partition coefficient (Wildman–Crippen LogP) is 2.16. The maximum absolute atomic E-state index is 5.76. The van der Waals surface area contributed by atoms with Gasteiger partial charge in [0, 0.05) is 24.7 Å². The highest BCUT2D eigenvalue weighted by Crippen LogP contribution is 2.27. The van der Waals surface area contributed by atoms with E-state index in [0.29, 0.717) is 12.5 Å². The topological polar surface area (TPSA) is 43.8 Å². The average molecular weight is 203 g/mol. The zero-order valence-electron chi connectivity index (χ0n) is 9.49. The van der Waals surface area contributed by atoms with Gasteiger partial charge in [0.1, 0.15) is 0 Å². The Balaban J connectivity index is 2.82. The minimum atomic E-state index is 0.465. The van der Waals surface area contributed by atoms with E-state index >= 15 is 0 Å². The number of nitrogens with two attached hydrogens (primary N) is 1. The van der Waals surface area contributed by atoms with Gasteiger partial charge in [-0.05, 0) is 17.5 Å². The van der Waals surface area contributed by atoms with Crippen molar-refractivity contribution in [2.45, 2.75) is 26.3 Å². The van der Waals surface area contributed by atoms with E-state index in [-0.39, 0.29) is 0 Å². The van der Waals surface area contributed by atoms with E-state index in [0.717, 1.165) is 5.52 Å². The molecular formula is C12H17N3. The molecule has 0 unspecified atom stereocenters. The second-order valence-electron chi connectivity index (χ2n) is 4.18. The quantitative estimate of drug-likeness (QED) is 0.812. The van der Waals surface area contributed by atoms with Crippen LogP contribution < -0.4 is 5.73 Å². The summed E-state index contributed by atoms with van der Waals surface area (Å²) in [6.07, 6.45) is 0. The van der Waals surface area contributed by atoms with Crippen molar-refractivity contribution < 1.29 is 0 Å². The van der Waals surface area contributed by atoms with E-state index < -0.39 is 0 Å². The molecule has 0 bridgehead atoms. The standard InChI is InChI=1S/C12H17N3/c1-8(2)12-11-9(7-13)5-4-6-10(11)14-15(12)3/h4-6,8H,7,13H2,1-3H3. The number of benzene rings is 1. The van der Waals surface area contributed by atoms with Crippen molar-refractivity contribution in [2.75, 3.05) is 0 Å². The number of aryl methyl sites for hydroxylation is 1. The van der Waals surface area contributed by atoms with Crippen LogP contribution in [0.4, 0.5) is 0 Å². The van der Waals surface area contributed by atoms with Crippen molar-refractivity contribution in [3.8, 4) is 0 Å². The van der Waals surface area contributed by atoms with Crippen LogP contribution in [0.25, 0.3) is 10.9 Å². The van der Waals surface area contributed by atoms with Crippen LogP contribution in [0.5, 0.6) is 0 Å². The highest BCUT2D eigenvalue weighted by atomic mass is 15.3. The van der Waals surface area contributed by atoms with E-state index in [1.54, 1.807) is 0 Å². The van der Waals surface area contributed by atoms with E-state index in [1.807, 2.05) is 23.9 Å². The maximum Gasteiger partial charge on any atom is 0.0929 e. The Labute approximate surface area is 89.9 Å². The largest absolute Gasteiger partial charge is 0.326 e. The molecule has 2 N–H and O–H groups in total. The number of hydrogen-bond acceptors (Lipinski definition) is 2. The lowest BCUT2D eigenvalue weighted by Crippen LogP contribution is -2.02. The van der Waals surface area contributed by atoms with E-state index in [9.17, 15) is 0 Å². The highest BCUT2D eigenvalue weighted by molar-refractivity contribution is 5.85. The molecule has 0 atom stereocenters. The summed E-state index contributed by atoms with van der Waals surface area (Å²) in [7, 11) is 2.00. The minimum Gasteiger partial charge on any atom is -0.326 e. The molecule has 3 heteroatoms.